The molecule has 1 saturated carbocycles. The topological polar surface area (TPSA) is 23.6 Å². The molecule has 0 aromatic heterocycles. The van der Waals surface area contributed by atoms with Crippen LogP contribution in [0.25, 0.3) is 0 Å². The molecule has 1 heterocycles. The maximum absolute atomic E-state index is 12.7. The zero-order valence-corrected chi connectivity index (χ0v) is 16.5. The summed E-state index contributed by atoms with van der Waals surface area (Å²) >= 11 is 0. The van der Waals surface area contributed by atoms with Gasteiger partial charge in [-0.2, -0.15) is 13.2 Å². The number of nitrogens with zero attached hydrogens (tertiary/aromatic N) is 2. The number of hydrogen-bond acceptors (Lipinski definition) is 3. The smallest absolute Gasteiger partial charge is 0.369 e. The molecule has 154 valence electrons. The number of anilines is 1. The minimum Gasteiger partial charge on any atom is -0.369 e. The Bertz CT molecular complexity index is 679. The lowest BCUT2D eigenvalue weighted by molar-refractivity contribution is -0.137. The zero-order chi connectivity index (χ0) is 20.1. The first-order valence-electron chi connectivity index (χ1n) is 10.2. The number of piperazine rings is 1. The lowest BCUT2D eigenvalue weighted by Crippen LogP contribution is -2.46. The number of rotatable bonds is 5. The Morgan fingerprint density at radius 3 is 2.21 bits per heavy atom. The first-order chi connectivity index (χ1) is 13.3. The van der Waals surface area contributed by atoms with E-state index in [9.17, 15) is 18.0 Å². The summed E-state index contributed by atoms with van der Waals surface area (Å²) in [7, 11) is 0. The van der Waals surface area contributed by atoms with Gasteiger partial charge < -0.3 is 4.90 Å². The summed E-state index contributed by atoms with van der Waals surface area (Å²) in [4.78, 5) is 15.8. The van der Waals surface area contributed by atoms with Crippen molar-refractivity contribution in [2.24, 2.45) is 5.92 Å². The van der Waals surface area contributed by atoms with E-state index < -0.39 is 11.7 Å². The average Bonchev–Trinajstić information content (AvgIpc) is 2.67. The van der Waals surface area contributed by atoms with Crippen LogP contribution in [0.2, 0.25) is 0 Å². The van der Waals surface area contributed by atoms with Gasteiger partial charge in [0.1, 0.15) is 0 Å². The normalized spacial score (nSPS) is 21.6. The van der Waals surface area contributed by atoms with Gasteiger partial charge in [-0.05, 0) is 81.8 Å². The van der Waals surface area contributed by atoms with Gasteiger partial charge in [0, 0.05) is 31.9 Å². The number of carbonyl (C=O) groups is 1. The van der Waals surface area contributed by atoms with Crippen LogP contribution in [0.15, 0.2) is 35.9 Å². The van der Waals surface area contributed by atoms with Gasteiger partial charge in [-0.15, -0.1) is 0 Å². The van der Waals surface area contributed by atoms with Gasteiger partial charge in [-0.25, -0.2) is 0 Å². The molecule has 0 spiro atoms. The number of hydrogen-bond donors (Lipinski definition) is 0. The summed E-state index contributed by atoms with van der Waals surface area (Å²) in [6.45, 7) is 6.29. The van der Waals surface area contributed by atoms with E-state index in [-0.39, 0.29) is 5.78 Å². The summed E-state index contributed by atoms with van der Waals surface area (Å²) in [6.07, 6.45) is 3.15. The summed E-state index contributed by atoms with van der Waals surface area (Å²) in [5.74, 6) is 0.886. The van der Waals surface area contributed by atoms with Gasteiger partial charge in [0.15, 0.2) is 5.78 Å². The fraction of sp³-hybridized carbons (Fsp3) is 0.591. The Hall–Kier alpha value is -1.82. The fourth-order valence-corrected chi connectivity index (χ4v) is 4.22. The summed E-state index contributed by atoms with van der Waals surface area (Å²) in [6, 6.07) is 5.48. The molecule has 2 aliphatic rings. The van der Waals surface area contributed by atoms with E-state index in [0.717, 1.165) is 57.2 Å². The van der Waals surface area contributed by atoms with Gasteiger partial charge in [0.05, 0.1) is 5.56 Å². The Labute approximate surface area is 165 Å². The monoisotopic (exact) mass is 394 g/mol. The van der Waals surface area contributed by atoms with Gasteiger partial charge in [0.2, 0.25) is 0 Å². The molecule has 0 N–H and O–H groups in total. The quantitative estimate of drug-likeness (QED) is 0.662. The Morgan fingerprint density at radius 1 is 1.07 bits per heavy atom. The molecule has 2 fully saturated rings. The molecule has 1 aliphatic carbocycles. The van der Waals surface area contributed by atoms with E-state index in [2.05, 4.69) is 9.80 Å². The van der Waals surface area contributed by atoms with Gasteiger partial charge >= 0.3 is 6.18 Å². The largest absolute Gasteiger partial charge is 0.416 e. The molecule has 28 heavy (non-hydrogen) atoms. The molecule has 3 nitrogen and oxygen atoms in total. The van der Waals surface area contributed by atoms with E-state index in [0.29, 0.717) is 0 Å². The van der Waals surface area contributed by atoms with Gasteiger partial charge in [0.25, 0.3) is 0 Å². The predicted molar refractivity (Wildman–Crippen MR) is 105 cm³/mol. The van der Waals surface area contributed by atoms with Crippen molar-refractivity contribution >= 4 is 11.5 Å². The van der Waals surface area contributed by atoms with Crippen molar-refractivity contribution in [2.75, 3.05) is 37.6 Å². The molecule has 0 radical (unpaired) electrons. The molecule has 0 unspecified atom stereocenters. The van der Waals surface area contributed by atoms with Crippen LogP contribution >= 0.6 is 0 Å². The minimum absolute atomic E-state index is 0.152. The third-order valence-electron chi connectivity index (χ3n) is 5.94. The second kappa shape index (κ2) is 9.12. The second-order valence-corrected chi connectivity index (χ2v) is 8.02. The highest BCUT2D eigenvalue weighted by atomic mass is 19.4. The summed E-state index contributed by atoms with van der Waals surface area (Å²) < 4.78 is 38.1. The van der Waals surface area contributed by atoms with Gasteiger partial charge in [-0.3, -0.25) is 9.69 Å². The van der Waals surface area contributed by atoms with Crippen LogP contribution < -0.4 is 4.90 Å². The Kier molecular flexibility index (Phi) is 6.81. The van der Waals surface area contributed by atoms with Crippen molar-refractivity contribution in [1.82, 2.24) is 4.90 Å². The molecule has 0 atom stereocenters. The van der Waals surface area contributed by atoms with E-state index in [1.54, 1.807) is 25.1 Å². The molecule has 1 aromatic carbocycles. The molecule has 6 heteroatoms. The zero-order valence-electron chi connectivity index (χ0n) is 16.5. The standard InChI is InChI=1S/C22H29F3N2O/c1-17(28)16-19-4-2-18(3-5-19)10-11-26-12-14-27(15-13-26)21-8-6-20(7-9-21)22(23,24)25/h6-9,16,18H,2-5,10-15H2,1H3. The summed E-state index contributed by atoms with van der Waals surface area (Å²) in [5.41, 5.74) is 1.57. The lowest BCUT2D eigenvalue weighted by atomic mass is 9.83. The third kappa shape index (κ3) is 5.84. The van der Waals surface area contributed by atoms with E-state index >= 15 is 0 Å². The highest BCUT2D eigenvalue weighted by Gasteiger charge is 2.30. The number of alkyl halides is 3. The number of halogens is 3. The number of ketones is 1. The molecule has 3 rings (SSSR count). The van der Waals surface area contributed by atoms with Crippen molar-refractivity contribution in [3.8, 4) is 0 Å². The van der Waals surface area contributed by atoms with Crippen molar-refractivity contribution in [1.29, 1.82) is 0 Å². The minimum atomic E-state index is -4.28. The van der Waals surface area contributed by atoms with E-state index in [1.807, 2.05) is 0 Å². The summed E-state index contributed by atoms with van der Waals surface area (Å²) in [5, 5.41) is 0. The average molecular weight is 394 g/mol. The van der Waals surface area contributed by atoms with E-state index in [4.69, 9.17) is 0 Å². The van der Waals surface area contributed by atoms with Crippen LogP contribution in [-0.4, -0.2) is 43.4 Å². The molecule has 0 bridgehead atoms. The molecule has 0 amide bonds. The lowest BCUT2D eigenvalue weighted by Gasteiger charge is -2.37. The van der Waals surface area contributed by atoms with Crippen molar-refractivity contribution in [2.45, 2.75) is 45.2 Å². The number of allylic oxidation sites excluding steroid dienone is 2. The van der Waals surface area contributed by atoms with Crippen LogP contribution in [0.4, 0.5) is 18.9 Å². The molecular formula is C22H29F3N2O. The maximum Gasteiger partial charge on any atom is 0.416 e. The molecular weight excluding hydrogens is 365 g/mol. The van der Waals surface area contributed by atoms with Crippen molar-refractivity contribution in [3.63, 3.8) is 0 Å². The number of carbonyl (C=O) groups excluding carboxylic acids is 1. The highest BCUT2D eigenvalue weighted by Crippen LogP contribution is 2.32. The highest BCUT2D eigenvalue weighted by molar-refractivity contribution is 5.87. The first-order valence-corrected chi connectivity index (χ1v) is 10.2. The fourth-order valence-electron chi connectivity index (χ4n) is 4.22. The third-order valence-corrected chi connectivity index (χ3v) is 5.94. The second-order valence-electron chi connectivity index (χ2n) is 8.02. The molecule has 1 aliphatic heterocycles. The molecule has 1 aromatic rings. The van der Waals surface area contributed by atoms with Crippen LogP contribution in [0, 0.1) is 5.92 Å². The van der Waals surface area contributed by atoms with Gasteiger partial charge in [-0.1, -0.05) is 5.57 Å². The first kappa shape index (κ1) is 20.9. The van der Waals surface area contributed by atoms with E-state index in [1.165, 1.54) is 37.0 Å². The Balaban J connectivity index is 1.39. The molecule has 1 saturated heterocycles. The predicted octanol–water partition coefficient (Wildman–Crippen LogP) is 4.92. The number of benzene rings is 1. The maximum atomic E-state index is 12.7. The van der Waals surface area contributed by atoms with Crippen molar-refractivity contribution < 1.29 is 18.0 Å². The SMILES string of the molecule is CC(=O)C=C1CCC(CCN2CCN(c3ccc(C(F)(F)F)cc3)CC2)CC1. The van der Waals surface area contributed by atoms with Crippen LogP contribution in [0.3, 0.4) is 0 Å². The van der Waals surface area contributed by atoms with Crippen LogP contribution in [0.5, 0.6) is 0 Å². The Morgan fingerprint density at radius 2 is 1.68 bits per heavy atom. The van der Waals surface area contributed by atoms with Crippen LogP contribution in [-0.2, 0) is 11.0 Å². The van der Waals surface area contributed by atoms with Crippen LogP contribution in [0.1, 0.15) is 44.6 Å². The van der Waals surface area contributed by atoms with Crippen molar-refractivity contribution in [3.05, 3.63) is 41.5 Å².